The van der Waals surface area contributed by atoms with E-state index in [2.05, 4.69) is 14.8 Å². The van der Waals surface area contributed by atoms with E-state index in [1.165, 1.54) is 11.3 Å². The van der Waals surface area contributed by atoms with Gasteiger partial charge >= 0.3 is 5.97 Å². The zero-order valence-corrected chi connectivity index (χ0v) is 22.6. The van der Waals surface area contributed by atoms with Crippen molar-refractivity contribution in [1.29, 1.82) is 0 Å². The third-order valence-corrected chi connectivity index (χ3v) is 7.59. The average molecular weight is 538 g/mol. The number of ether oxygens (including phenoxy) is 4. The molecule has 0 spiro atoms. The number of rotatable bonds is 9. The van der Waals surface area contributed by atoms with Crippen LogP contribution in [0.4, 0.5) is 11.4 Å². The maximum absolute atomic E-state index is 12.8. The fourth-order valence-corrected chi connectivity index (χ4v) is 5.70. The molecular formula is C28H31N3O6S. The maximum atomic E-state index is 12.8. The summed E-state index contributed by atoms with van der Waals surface area (Å²) in [6.07, 6.45) is 0. The van der Waals surface area contributed by atoms with Crippen LogP contribution < -0.4 is 19.7 Å². The van der Waals surface area contributed by atoms with Crippen molar-refractivity contribution in [2.75, 3.05) is 56.3 Å². The van der Waals surface area contributed by atoms with Crippen LogP contribution in [0.25, 0.3) is 21.1 Å². The number of nitrogens with zero attached hydrogens (tertiary/aromatic N) is 2. The lowest BCUT2D eigenvalue weighted by Gasteiger charge is -2.31. The van der Waals surface area contributed by atoms with Crippen LogP contribution in [0.1, 0.15) is 23.5 Å². The van der Waals surface area contributed by atoms with Crippen LogP contribution in [0.5, 0.6) is 11.5 Å². The average Bonchev–Trinajstić information content (AvgIpc) is 3.49. The lowest BCUT2D eigenvalue weighted by atomic mass is 10.2. The number of para-hydroxylation sites is 1. The summed E-state index contributed by atoms with van der Waals surface area (Å²) in [7, 11) is 1.97. The van der Waals surface area contributed by atoms with Gasteiger partial charge in [0, 0.05) is 48.6 Å². The van der Waals surface area contributed by atoms with Crippen LogP contribution in [0.3, 0.4) is 0 Å². The number of carbonyl (C=O) groups is 2. The van der Waals surface area contributed by atoms with Crippen LogP contribution in [0.15, 0.2) is 42.5 Å². The Balaban J connectivity index is 1.30. The van der Waals surface area contributed by atoms with E-state index >= 15 is 0 Å². The van der Waals surface area contributed by atoms with E-state index < -0.39 is 18.5 Å². The Kier molecular flexibility index (Phi) is 7.71. The zero-order chi connectivity index (χ0) is 26.6. The van der Waals surface area contributed by atoms with Crippen molar-refractivity contribution in [1.82, 2.24) is 4.57 Å². The quantitative estimate of drug-likeness (QED) is 0.306. The molecule has 1 N–H and O–H groups in total. The second kappa shape index (κ2) is 11.3. The van der Waals surface area contributed by atoms with Gasteiger partial charge in [-0.05, 0) is 26.0 Å². The summed E-state index contributed by atoms with van der Waals surface area (Å²) < 4.78 is 24.6. The SMILES string of the molecule is CCOc1cc(N2CCOCC2)c(OCC)cc1NC(=O)COC(=O)c1cc2c3ccccc3n(C)c2s1. The molecule has 0 unspecified atom stereocenters. The summed E-state index contributed by atoms with van der Waals surface area (Å²) in [5, 5.41) is 4.89. The number of carbonyl (C=O) groups excluding carboxylic acids is 2. The summed E-state index contributed by atoms with van der Waals surface area (Å²) in [5.41, 5.74) is 2.45. The maximum Gasteiger partial charge on any atom is 0.348 e. The third kappa shape index (κ3) is 5.14. The van der Waals surface area contributed by atoms with Crippen LogP contribution in [0, 0.1) is 0 Å². The molecule has 9 nitrogen and oxygen atoms in total. The van der Waals surface area contributed by atoms with E-state index in [9.17, 15) is 9.59 Å². The summed E-state index contributed by atoms with van der Waals surface area (Å²) >= 11 is 1.35. The molecule has 200 valence electrons. The highest BCUT2D eigenvalue weighted by molar-refractivity contribution is 7.20. The molecule has 3 heterocycles. The highest BCUT2D eigenvalue weighted by Crippen LogP contribution is 2.39. The van der Waals surface area contributed by atoms with E-state index in [1.807, 2.05) is 57.3 Å². The number of aromatic nitrogens is 1. The number of hydrogen-bond donors (Lipinski definition) is 1. The molecule has 0 aliphatic carbocycles. The van der Waals surface area contributed by atoms with Crippen molar-refractivity contribution in [2.45, 2.75) is 13.8 Å². The first kappa shape index (κ1) is 25.9. The van der Waals surface area contributed by atoms with Crippen LogP contribution in [-0.2, 0) is 21.3 Å². The molecule has 1 fully saturated rings. The third-order valence-electron chi connectivity index (χ3n) is 6.39. The normalized spacial score (nSPS) is 13.6. The molecule has 1 amide bonds. The Hall–Kier alpha value is -3.76. The summed E-state index contributed by atoms with van der Waals surface area (Å²) in [5.74, 6) is 0.164. The second-order valence-electron chi connectivity index (χ2n) is 8.81. The number of nitrogens with one attached hydrogen (secondary N) is 1. The first-order valence-electron chi connectivity index (χ1n) is 12.7. The Bertz CT molecular complexity index is 1470. The van der Waals surface area contributed by atoms with Gasteiger partial charge in [-0.1, -0.05) is 18.2 Å². The smallest absolute Gasteiger partial charge is 0.348 e. The summed E-state index contributed by atoms with van der Waals surface area (Å²) in [4.78, 5) is 29.2. The van der Waals surface area contributed by atoms with Gasteiger partial charge in [0.05, 0.1) is 37.8 Å². The second-order valence-corrected chi connectivity index (χ2v) is 9.84. The number of esters is 1. The van der Waals surface area contributed by atoms with Gasteiger partial charge in [-0.3, -0.25) is 4.79 Å². The van der Waals surface area contributed by atoms with Crippen molar-refractivity contribution in [2.24, 2.45) is 7.05 Å². The number of amides is 1. The minimum absolute atomic E-state index is 0.422. The fourth-order valence-electron chi connectivity index (χ4n) is 4.66. The topological polar surface area (TPSA) is 91.3 Å². The minimum atomic E-state index is -0.534. The molecule has 2 aromatic carbocycles. The number of anilines is 2. The van der Waals surface area contributed by atoms with Gasteiger partial charge in [0.25, 0.3) is 5.91 Å². The number of hydrogen-bond acceptors (Lipinski definition) is 8. The standard InChI is InChI=1S/C28H31N3O6S/c1-4-35-23-16-22(31-10-12-34-13-11-31)24(36-5-2)15-20(23)29-26(32)17-37-28(33)25-14-19-18-8-6-7-9-21(18)30(3)27(19)38-25/h6-9,14-16H,4-5,10-13,17H2,1-3H3,(H,29,32). The number of fused-ring (bicyclic) bond motifs is 3. The van der Waals surface area contributed by atoms with E-state index in [0.717, 1.165) is 39.9 Å². The van der Waals surface area contributed by atoms with Gasteiger partial charge in [-0.15, -0.1) is 11.3 Å². The van der Waals surface area contributed by atoms with E-state index in [4.69, 9.17) is 18.9 Å². The van der Waals surface area contributed by atoms with Gasteiger partial charge in [-0.25, -0.2) is 4.79 Å². The lowest BCUT2D eigenvalue weighted by molar-refractivity contribution is -0.119. The van der Waals surface area contributed by atoms with E-state index in [0.29, 0.717) is 48.5 Å². The van der Waals surface area contributed by atoms with Crippen LogP contribution in [0.2, 0.25) is 0 Å². The molecular weight excluding hydrogens is 506 g/mol. The lowest BCUT2D eigenvalue weighted by Crippen LogP contribution is -2.36. The molecule has 0 saturated carbocycles. The number of benzene rings is 2. The van der Waals surface area contributed by atoms with Gasteiger partial charge in [0.15, 0.2) is 6.61 Å². The molecule has 0 atom stereocenters. The number of thiophene rings is 1. The van der Waals surface area contributed by atoms with Gasteiger partial charge in [0.2, 0.25) is 0 Å². The van der Waals surface area contributed by atoms with E-state index in [1.54, 1.807) is 6.07 Å². The molecule has 2 aromatic heterocycles. The predicted octanol–water partition coefficient (Wildman–Crippen LogP) is 4.82. The number of aryl methyl sites for hydroxylation is 1. The monoisotopic (exact) mass is 537 g/mol. The van der Waals surface area contributed by atoms with Crippen LogP contribution in [-0.4, -0.2) is 62.6 Å². The van der Waals surface area contributed by atoms with Crippen molar-refractivity contribution in [3.05, 3.63) is 47.3 Å². The van der Waals surface area contributed by atoms with E-state index in [-0.39, 0.29) is 0 Å². The zero-order valence-electron chi connectivity index (χ0n) is 21.7. The molecule has 38 heavy (non-hydrogen) atoms. The molecule has 1 saturated heterocycles. The molecule has 0 radical (unpaired) electrons. The molecule has 0 bridgehead atoms. The van der Waals surface area contributed by atoms with Crippen molar-refractivity contribution >= 4 is 55.7 Å². The van der Waals surface area contributed by atoms with Gasteiger partial charge in [-0.2, -0.15) is 0 Å². The Morgan fingerprint density at radius 1 is 1.00 bits per heavy atom. The molecule has 5 rings (SSSR count). The first-order chi connectivity index (χ1) is 18.5. The summed E-state index contributed by atoms with van der Waals surface area (Å²) in [6, 6.07) is 13.5. The molecule has 10 heteroatoms. The van der Waals surface area contributed by atoms with Crippen molar-refractivity contribution in [3.63, 3.8) is 0 Å². The predicted molar refractivity (Wildman–Crippen MR) is 149 cm³/mol. The largest absolute Gasteiger partial charge is 0.492 e. The summed E-state index contributed by atoms with van der Waals surface area (Å²) in [6.45, 7) is 7.01. The molecule has 1 aliphatic rings. The fraction of sp³-hybridized carbons (Fsp3) is 0.357. The van der Waals surface area contributed by atoms with Crippen LogP contribution >= 0.6 is 11.3 Å². The Morgan fingerprint density at radius 3 is 2.50 bits per heavy atom. The van der Waals surface area contributed by atoms with Crippen molar-refractivity contribution in [3.8, 4) is 11.5 Å². The number of morpholine rings is 1. The van der Waals surface area contributed by atoms with Gasteiger partial charge < -0.3 is 33.7 Å². The van der Waals surface area contributed by atoms with Gasteiger partial charge in [0.1, 0.15) is 21.2 Å². The minimum Gasteiger partial charge on any atom is -0.492 e. The Morgan fingerprint density at radius 2 is 1.74 bits per heavy atom. The Labute approximate surface area is 224 Å². The first-order valence-corrected chi connectivity index (χ1v) is 13.5. The molecule has 4 aromatic rings. The highest BCUT2D eigenvalue weighted by Gasteiger charge is 2.22. The van der Waals surface area contributed by atoms with Crippen molar-refractivity contribution < 1.29 is 28.5 Å². The molecule has 1 aliphatic heterocycles. The highest BCUT2D eigenvalue weighted by atomic mass is 32.1.